The van der Waals surface area contributed by atoms with Gasteiger partial charge < -0.3 is 10.5 Å². The molecule has 2 aliphatic rings. The van der Waals surface area contributed by atoms with Gasteiger partial charge in [-0.15, -0.1) is 0 Å². The summed E-state index contributed by atoms with van der Waals surface area (Å²) in [5.74, 6) is 0.127. The SMILES string of the molecule is O=C(CN1CCC(=NO)CC1)NC1CC1. The number of piperidine rings is 1. The van der Waals surface area contributed by atoms with Gasteiger partial charge in [0, 0.05) is 32.0 Å². The first kappa shape index (κ1) is 10.4. The molecule has 1 aliphatic carbocycles. The van der Waals surface area contributed by atoms with Gasteiger partial charge >= 0.3 is 0 Å². The van der Waals surface area contributed by atoms with Gasteiger partial charge in [0.2, 0.25) is 5.91 Å². The zero-order chi connectivity index (χ0) is 10.7. The van der Waals surface area contributed by atoms with Crippen molar-refractivity contribution in [2.45, 2.75) is 31.7 Å². The first-order chi connectivity index (χ1) is 7.28. The van der Waals surface area contributed by atoms with Crippen LogP contribution < -0.4 is 5.32 Å². The number of carbonyl (C=O) groups excluding carboxylic acids is 1. The van der Waals surface area contributed by atoms with E-state index in [0.717, 1.165) is 44.5 Å². The highest BCUT2D eigenvalue weighted by molar-refractivity contribution is 5.85. The number of nitrogens with one attached hydrogen (secondary N) is 1. The summed E-state index contributed by atoms with van der Waals surface area (Å²) in [5, 5.41) is 14.8. The standard InChI is InChI=1S/C10H17N3O2/c14-10(11-8-1-2-8)7-13-5-3-9(12-15)4-6-13/h8,15H,1-7H2,(H,11,14). The van der Waals surface area contributed by atoms with Crippen LogP contribution in [0.4, 0.5) is 0 Å². The van der Waals surface area contributed by atoms with Crippen molar-refractivity contribution >= 4 is 11.6 Å². The molecule has 2 rings (SSSR count). The van der Waals surface area contributed by atoms with Crippen molar-refractivity contribution in [3.8, 4) is 0 Å². The normalized spacial score (nSPS) is 22.5. The van der Waals surface area contributed by atoms with Gasteiger partial charge in [-0.1, -0.05) is 5.16 Å². The highest BCUT2D eigenvalue weighted by Gasteiger charge is 2.24. The molecule has 15 heavy (non-hydrogen) atoms. The molecule has 1 heterocycles. The lowest BCUT2D eigenvalue weighted by molar-refractivity contribution is -0.122. The third-order valence-corrected chi connectivity index (χ3v) is 2.88. The maximum absolute atomic E-state index is 11.5. The van der Waals surface area contributed by atoms with E-state index in [1.807, 2.05) is 0 Å². The van der Waals surface area contributed by atoms with E-state index in [2.05, 4.69) is 15.4 Å². The van der Waals surface area contributed by atoms with Crippen LogP contribution >= 0.6 is 0 Å². The average Bonchev–Trinajstić information content (AvgIpc) is 3.03. The molecule has 0 atom stereocenters. The first-order valence-corrected chi connectivity index (χ1v) is 5.49. The summed E-state index contributed by atoms with van der Waals surface area (Å²) in [5.41, 5.74) is 0.842. The predicted octanol–water partition coefficient (Wildman–Crippen LogP) is 0.191. The Morgan fingerprint density at radius 2 is 2.13 bits per heavy atom. The van der Waals surface area contributed by atoms with E-state index in [0.29, 0.717) is 12.6 Å². The lowest BCUT2D eigenvalue weighted by Crippen LogP contribution is -2.42. The van der Waals surface area contributed by atoms with Crippen LogP contribution in [0.15, 0.2) is 5.16 Å². The van der Waals surface area contributed by atoms with E-state index >= 15 is 0 Å². The molecule has 0 unspecified atom stereocenters. The Balaban J connectivity index is 1.68. The van der Waals surface area contributed by atoms with Gasteiger partial charge in [0.05, 0.1) is 12.3 Å². The van der Waals surface area contributed by atoms with Crippen LogP contribution in [0.5, 0.6) is 0 Å². The summed E-state index contributed by atoms with van der Waals surface area (Å²) in [6.07, 6.45) is 3.81. The van der Waals surface area contributed by atoms with Crippen LogP contribution in [-0.4, -0.2) is 47.4 Å². The van der Waals surface area contributed by atoms with Gasteiger partial charge in [-0.05, 0) is 12.8 Å². The van der Waals surface area contributed by atoms with E-state index in [1.54, 1.807) is 0 Å². The highest BCUT2D eigenvalue weighted by atomic mass is 16.4. The van der Waals surface area contributed by atoms with Crippen LogP contribution in [0.1, 0.15) is 25.7 Å². The fourth-order valence-corrected chi connectivity index (χ4v) is 1.77. The molecule has 84 valence electrons. The minimum Gasteiger partial charge on any atom is -0.411 e. The monoisotopic (exact) mass is 211 g/mol. The van der Waals surface area contributed by atoms with Crippen LogP contribution in [0, 0.1) is 0 Å². The number of likely N-dealkylation sites (tertiary alicyclic amines) is 1. The lowest BCUT2D eigenvalue weighted by atomic mass is 10.1. The van der Waals surface area contributed by atoms with E-state index < -0.39 is 0 Å². The third kappa shape index (κ3) is 3.20. The quantitative estimate of drug-likeness (QED) is 0.517. The van der Waals surface area contributed by atoms with E-state index in [4.69, 9.17) is 5.21 Å². The second kappa shape index (κ2) is 4.61. The Morgan fingerprint density at radius 3 is 2.67 bits per heavy atom. The molecule has 0 aromatic heterocycles. The molecule has 0 aromatic carbocycles. The zero-order valence-corrected chi connectivity index (χ0v) is 8.78. The molecule has 2 N–H and O–H groups in total. The summed E-state index contributed by atoms with van der Waals surface area (Å²) in [6.45, 7) is 2.12. The molecule has 1 amide bonds. The minimum atomic E-state index is 0.127. The van der Waals surface area contributed by atoms with Crippen LogP contribution in [0.25, 0.3) is 0 Å². The van der Waals surface area contributed by atoms with E-state index in [-0.39, 0.29) is 5.91 Å². The Bertz CT molecular complexity index is 264. The van der Waals surface area contributed by atoms with Gasteiger partial charge in [0.1, 0.15) is 0 Å². The topological polar surface area (TPSA) is 64.9 Å². The molecule has 0 bridgehead atoms. The first-order valence-electron chi connectivity index (χ1n) is 5.49. The molecule has 0 spiro atoms. The van der Waals surface area contributed by atoms with Crippen LogP contribution in [0.2, 0.25) is 0 Å². The van der Waals surface area contributed by atoms with Crippen molar-refractivity contribution in [2.24, 2.45) is 5.16 Å². The second-order valence-corrected chi connectivity index (χ2v) is 4.28. The number of oxime groups is 1. The van der Waals surface area contributed by atoms with Crippen molar-refractivity contribution < 1.29 is 10.0 Å². The number of rotatable bonds is 3. The van der Waals surface area contributed by atoms with Crippen LogP contribution in [0.3, 0.4) is 0 Å². The van der Waals surface area contributed by atoms with Crippen molar-refractivity contribution in [2.75, 3.05) is 19.6 Å². The third-order valence-electron chi connectivity index (χ3n) is 2.88. The Hall–Kier alpha value is -1.10. The minimum absolute atomic E-state index is 0.127. The van der Waals surface area contributed by atoms with Crippen molar-refractivity contribution in [1.82, 2.24) is 10.2 Å². The molecule has 1 saturated heterocycles. The van der Waals surface area contributed by atoms with Gasteiger partial charge in [-0.25, -0.2) is 0 Å². The zero-order valence-electron chi connectivity index (χ0n) is 8.78. The molecule has 5 nitrogen and oxygen atoms in total. The number of carbonyl (C=O) groups is 1. The number of hydrogen-bond acceptors (Lipinski definition) is 4. The maximum Gasteiger partial charge on any atom is 0.234 e. The highest BCUT2D eigenvalue weighted by Crippen LogP contribution is 2.18. The molecular formula is C10H17N3O2. The molecule has 1 aliphatic heterocycles. The summed E-state index contributed by atoms with van der Waals surface area (Å²) >= 11 is 0. The van der Waals surface area contributed by atoms with E-state index in [1.165, 1.54) is 0 Å². The second-order valence-electron chi connectivity index (χ2n) is 4.28. The predicted molar refractivity (Wildman–Crippen MR) is 56.1 cm³/mol. The summed E-state index contributed by atoms with van der Waals surface area (Å²) in [4.78, 5) is 13.6. The number of nitrogens with zero attached hydrogens (tertiary/aromatic N) is 2. The van der Waals surface area contributed by atoms with Gasteiger partial charge in [0.15, 0.2) is 0 Å². The molecule has 0 aromatic rings. The molecule has 1 saturated carbocycles. The fourth-order valence-electron chi connectivity index (χ4n) is 1.77. The average molecular weight is 211 g/mol. The maximum atomic E-state index is 11.5. The van der Waals surface area contributed by atoms with Gasteiger partial charge in [-0.2, -0.15) is 0 Å². The largest absolute Gasteiger partial charge is 0.411 e. The molecule has 5 heteroatoms. The Morgan fingerprint density at radius 1 is 1.47 bits per heavy atom. The summed E-state index contributed by atoms with van der Waals surface area (Å²) in [6, 6.07) is 0.442. The molecule has 2 fully saturated rings. The summed E-state index contributed by atoms with van der Waals surface area (Å²) < 4.78 is 0. The Labute approximate surface area is 89.1 Å². The number of amides is 1. The van der Waals surface area contributed by atoms with Gasteiger partial charge in [0.25, 0.3) is 0 Å². The van der Waals surface area contributed by atoms with Gasteiger partial charge in [-0.3, -0.25) is 9.69 Å². The molecular weight excluding hydrogens is 194 g/mol. The van der Waals surface area contributed by atoms with Crippen molar-refractivity contribution in [3.05, 3.63) is 0 Å². The van der Waals surface area contributed by atoms with Crippen molar-refractivity contribution in [1.29, 1.82) is 0 Å². The fraction of sp³-hybridized carbons (Fsp3) is 0.800. The van der Waals surface area contributed by atoms with E-state index in [9.17, 15) is 4.79 Å². The molecule has 0 radical (unpaired) electrons. The van der Waals surface area contributed by atoms with Crippen molar-refractivity contribution in [3.63, 3.8) is 0 Å². The number of hydrogen-bond donors (Lipinski definition) is 2. The van der Waals surface area contributed by atoms with Crippen LogP contribution in [-0.2, 0) is 4.79 Å². The smallest absolute Gasteiger partial charge is 0.234 e. The Kier molecular flexibility index (Phi) is 3.20. The summed E-state index contributed by atoms with van der Waals surface area (Å²) in [7, 11) is 0. The lowest BCUT2D eigenvalue weighted by Gasteiger charge is -2.26.